The monoisotopic (exact) mass is 257 g/mol. The summed E-state index contributed by atoms with van der Waals surface area (Å²) in [4.78, 5) is 20.1. The van der Waals surface area contributed by atoms with Gasteiger partial charge in [-0.25, -0.2) is 4.79 Å². The molecule has 0 atom stereocenters. The van der Waals surface area contributed by atoms with Gasteiger partial charge in [-0.2, -0.15) is 0 Å². The van der Waals surface area contributed by atoms with Gasteiger partial charge >= 0.3 is 5.69 Å². The zero-order valence-corrected chi connectivity index (χ0v) is 10.1. The molecule has 0 radical (unpaired) electrons. The van der Waals surface area contributed by atoms with E-state index in [1.165, 1.54) is 0 Å². The van der Waals surface area contributed by atoms with Crippen molar-refractivity contribution in [3.8, 4) is 11.6 Å². The highest BCUT2D eigenvalue weighted by Crippen LogP contribution is 2.39. The summed E-state index contributed by atoms with van der Waals surface area (Å²) in [6.45, 7) is 0. The van der Waals surface area contributed by atoms with E-state index in [1.54, 1.807) is 19.4 Å². The van der Waals surface area contributed by atoms with E-state index in [2.05, 4.69) is 15.0 Å². The molecule has 0 amide bonds. The Morgan fingerprint density at radius 2 is 2.21 bits per heavy atom. The summed E-state index contributed by atoms with van der Waals surface area (Å²) in [5.74, 6) is 0.493. The number of allylic oxidation sites excluding steroid dienone is 1. The van der Waals surface area contributed by atoms with E-state index >= 15 is 0 Å². The normalized spacial score (nSPS) is 14.9. The van der Waals surface area contributed by atoms with E-state index in [4.69, 9.17) is 4.74 Å². The Bertz CT molecular complexity index is 753. The maximum absolute atomic E-state index is 11.1. The second-order valence-electron chi connectivity index (χ2n) is 4.05. The molecule has 0 aliphatic carbocycles. The molecule has 0 unspecified atom stereocenters. The molecular formula is C13H11N3O3. The second kappa shape index (κ2) is 4.16. The molecule has 3 rings (SSSR count). The molecule has 1 aromatic carbocycles. The first-order chi connectivity index (χ1) is 9.19. The van der Waals surface area contributed by atoms with Crippen molar-refractivity contribution >= 4 is 23.6 Å². The number of ether oxygens (including phenoxy) is 1. The lowest BCUT2D eigenvalue weighted by Gasteiger charge is -2.06. The van der Waals surface area contributed by atoms with Gasteiger partial charge in [-0.3, -0.25) is 9.98 Å². The zero-order chi connectivity index (χ0) is 13.4. The van der Waals surface area contributed by atoms with Gasteiger partial charge in [0.2, 0.25) is 5.88 Å². The summed E-state index contributed by atoms with van der Waals surface area (Å²) in [6.07, 6.45) is 3.31. The molecule has 0 spiro atoms. The highest BCUT2D eigenvalue weighted by molar-refractivity contribution is 6.22. The van der Waals surface area contributed by atoms with Crippen molar-refractivity contribution in [3.63, 3.8) is 0 Å². The Morgan fingerprint density at radius 3 is 2.89 bits per heavy atom. The molecule has 6 heteroatoms. The molecule has 0 fully saturated rings. The van der Waals surface area contributed by atoms with Gasteiger partial charge in [0.05, 0.1) is 18.4 Å². The lowest BCUT2D eigenvalue weighted by atomic mass is 10.0. The van der Waals surface area contributed by atoms with Crippen LogP contribution < -0.4 is 10.4 Å². The number of aromatic nitrogens is 2. The Hall–Kier alpha value is -2.76. The van der Waals surface area contributed by atoms with Crippen LogP contribution in [0.3, 0.4) is 0 Å². The maximum Gasteiger partial charge on any atom is 0.326 e. The van der Waals surface area contributed by atoms with Crippen LogP contribution >= 0.6 is 0 Å². The smallest absolute Gasteiger partial charge is 0.326 e. The van der Waals surface area contributed by atoms with Crippen molar-refractivity contribution in [2.75, 3.05) is 7.11 Å². The maximum atomic E-state index is 11.1. The molecule has 2 aromatic rings. The molecule has 0 bridgehead atoms. The van der Waals surface area contributed by atoms with Gasteiger partial charge in [0, 0.05) is 11.8 Å². The van der Waals surface area contributed by atoms with E-state index in [-0.39, 0.29) is 5.88 Å². The molecule has 0 saturated carbocycles. The third-order valence-electron chi connectivity index (χ3n) is 2.89. The second-order valence-corrected chi connectivity index (χ2v) is 4.05. The summed E-state index contributed by atoms with van der Waals surface area (Å²) >= 11 is 0. The van der Waals surface area contributed by atoms with Gasteiger partial charge < -0.3 is 14.8 Å². The standard InChI is InChI=1S/C13H11N3O3/c1-19-10-4-2-3-8-11(10)7(6-14-8)5-9-12(17)16-13(18)15-9/h2-6,17H,1H3,(H2,15,16,18). The first-order valence-corrected chi connectivity index (χ1v) is 5.63. The number of imidazole rings is 1. The molecule has 1 aliphatic heterocycles. The molecule has 3 N–H and O–H groups in total. The first-order valence-electron chi connectivity index (χ1n) is 5.63. The lowest BCUT2D eigenvalue weighted by Crippen LogP contribution is -2.00. The van der Waals surface area contributed by atoms with Crippen LogP contribution in [0.25, 0.3) is 11.6 Å². The Morgan fingerprint density at radius 1 is 1.37 bits per heavy atom. The highest BCUT2D eigenvalue weighted by atomic mass is 16.5. The molecular weight excluding hydrogens is 246 g/mol. The number of fused-ring (bicyclic) bond motifs is 1. The first kappa shape index (κ1) is 11.3. The van der Waals surface area contributed by atoms with Crippen LogP contribution in [-0.4, -0.2) is 28.4 Å². The van der Waals surface area contributed by atoms with E-state index < -0.39 is 5.69 Å². The number of benzene rings is 1. The Kier molecular flexibility index (Phi) is 2.49. The van der Waals surface area contributed by atoms with E-state index in [0.717, 1.165) is 16.8 Å². The fraction of sp³-hybridized carbons (Fsp3) is 0.0769. The molecule has 1 aromatic heterocycles. The van der Waals surface area contributed by atoms with Crippen molar-refractivity contribution in [2.24, 2.45) is 4.99 Å². The minimum absolute atomic E-state index is 0.200. The highest BCUT2D eigenvalue weighted by Gasteiger charge is 2.18. The number of hydrogen-bond acceptors (Lipinski definition) is 4. The van der Waals surface area contributed by atoms with Crippen LogP contribution in [0.1, 0.15) is 11.3 Å². The van der Waals surface area contributed by atoms with Gasteiger partial charge in [0.15, 0.2) is 0 Å². The van der Waals surface area contributed by atoms with Crippen molar-refractivity contribution in [2.45, 2.75) is 0 Å². The molecule has 2 heterocycles. The Balaban J connectivity index is 2.14. The molecule has 6 nitrogen and oxygen atoms in total. The lowest BCUT2D eigenvalue weighted by molar-refractivity contribution is 0.414. The SMILES string of the molecule is COc1cccc2c1C(=Cc1[nH]c(=O)[nH]c1O)C=N2. The van der Waals surface area contributed by atoms with Crippen molar-refractivity contribution in [1.29, 1.82) is 0 Å². The third kappa shape index (κ3) is 1.83. The fourth-order valence-corrected chi connectivity index (χ4v) is 2.05. The summed E-state index contributed by atoms with van der Waals surface area (Å²) < 4.78 is 5.30. The summed E-state index contributed by atoms with van der Waals surface area (Å²) in [7, 11) is 1.58. The predicted molar refractivity (Wildman–Crippen MR) is 72.1 cm³/mol. The number of hydrogen-bond donors (Lipinski definition) is 3. The molecule has 19 heavy (non-hydrogen) atoms. The molecule has 96 valence electrons. The minimum atomic E-state index is -0.459. The van der Waals surface area contributed by atoms with Crippen molar-refractivity contribution in [1.82, 2.24) is 9.97 Å². The fourth-order valence-electron chi connectivity index (χ4n) is 2.05. The van der Waals surface area contributed by atoms with Crippen LogP contribution in [0.4, 0.5) is 5.69 Å². The van der Waals surface area contributed by atoms with E-state index in [1.807, 2.05) is 18.2 Å². The summed E-state index contributed by atoms with van der Waals surface area (Å²) in [5.41, 5.74) is 2.25. The average Bonchev–Trinajstić information content (AvgIpc) is 2.94. The van der Waals surface area contributed by atoms with Crippen molar-refractivity contribution < 1.29 is 9.84 Å². The van der Waals surface area contributed by atoms with Gasteiger partial charge in [-0.05, 0) is 18.2 Å². The number of methoxy groups -OCH3 is 1. The van der Waals surface area contributed by atoms with Gasteiger partial charge in [-0.15, -0.1) is 0 Å². The van der Waals surface area contributed by atoms with Gasteiger partial charge in [0.25, 0.3) is 0 Å². The van der Waals surface area contributed by atoms with Crippen molar-refractivity contribution in [3.05, 3.63) is 39.9 Å². The Labute approximate surface area is 108 Å². The number of aromatic hydroxyl groups is 1. The largest absolute Gasteiger partial charge is 0.496 e. The average molecular weight is 257 g/mol. The van der Waals surface area contributed by atoms with Gasteiger partial charge in [-0.1, -0.05) is 6.07 Å². The van der Waals surface area contributed by atoms with E-state index in [0.29, 0.717) is 11.4 Å². The quantitative estimate of drug-likeness (QED) is 0.764. The van der Waals surface area contributed by atoms with E-state index in [9.17, 15) is 9.90 Å². The number of H-pyrrole nitrogens is 2. The number of nitrogens with zero attached hydrogens (tertiary/aromatic N) is 1. The van der Waals surface area contributed by atoms with Gasteiger partial charge in [0.1, 0.15) is 11.4 Å². The number of rotatable bonds is 2. The van der Waals surface area contributed by atoms with Crippen LogP contribution in [0.2, 0.25) is 0 Å². The number of aromatic amines is 2. The zero-order valence-electron chi connectivity index (χ0n) is 10.1. The van der Waals surface area contributed by atoms with Crippen LogP contribution in [0.5, 0.6) is 11.6 Å². The predicted octanol–water partition coefficient (Wildman–Crippen LogP) is 1.67. The van der Waals surface area contributed by atoms with Crippen LogP contribution in [0.15, 0.2) is 28.0 Å². The van der Waals surface area contributed by atoms with Crippen LogP contribution in [0, 0.1) is 0 Å². The number of aliphatic imine (C=N–C) groups is 1. The summed E-state index contributed by atoms with van der Waals surface area (Å²) in [5, 5.41) is 9.56. The molecule has 1 aliphatic rings. The topological polar surface area (TPSA) is 90.5 Å². The minimum Gasteiger partial charge on any atom is -0.496 e. The molecule has 0 saturated heterocycles. The number of nitrogens with one attached hydrogen (secondary N) is 2. The third-order valence-corrected chi connectivity index (χ3v) is 2.89. The van der Waals surface area contributed by atoms with Crippen LogP contribution in [-0.2, 0) is 0 Å². The summed E-state index contributed by atoms with van der Waals surface area (Å²) in [6, 6.07) is 5.56.